The second kappa shape index (κ2) is 3.32. The summed E-state index contributed by atoms with van der Waals surface area (Å²) in [5.74, 6) is 0.328. The molecule has 1 fully saturated rings. The molecule has 0 N–H and O–H groups in total. The van der Waals surface area contributed by atoms with E-state index < -0.39 is 0 Å². The zero-order valence-electron chi connectivity index (χ0n) is 6.89. The Morgan fingerprint density at radius 3 is 2.15 bits per heavy atom. The van der Waals surface area contributed by atoms with Gasteiger partial charge in [0.1, 0.15) is 5.78 Å². The second-order valence-corrected chi connectivity index (χ2v) is 4.13. The summed E-state index contributed by atoms with van der Waals surface area (Å²) in [4.78, 5) is 11.2. The third-order valence-electron chi connectivity index (χ3n) is 2.36. The van der Waals surface area contributed by atoms with E-state index in [9.17, 15) is 4.79 Å². The standard InChI is InChI=1S/C10H8Cl2O/c11-7-3-6(4-8(12)5-7)9-1-2-10(9)13/h3-5,9H,1-2H2. The minimum atomic E-state index is 0.0381. The van der Waals surface area contributed by atoms with Crippen molar-refractivity contribution in [2.75, 3.05) is 0 Å². The number of carbonyl (C=O) groups excluding carboxylic acids is 1. The van der Waals surface area contributed by atoms with Gasteiger partial charge < -0.3 is 0 Å². The Morgan fingerprint density at radius 2 is 1.77 bits per heavy atom. The van der Waals surface area contributed by atoms with Crippen molar-refractivity contribution in [3.63, 3.8) is 0 Å². The average Bonchev–Trinajstić information content (AvgIpc) is 1.99. The molecule has 1 aliphatic carbocycles. The molecule has 1 atom stereocenters. The van der Waals surface area contributed by atoms with Crippen LogP contribution in [0.1, 0.15) is 24.3 Å². The Kier molecular flexibility index (Phi) is 2.31. The van der Waals surface area contributed by atoms with Gasteiger partial charge in [0.05, 0.1) is 0 Å². The van der Waals surface area contributed by atoms with Crippen molar-refractivity contribution in [2.24, 2.45) is 0 Å². The van der Waals surface area contributed by atoms with Gasteiger partial charge in [0, 0.05) is 22.4 Å². The molecule has 0 heterocycles. The minimum absolute atomic E-state index is 0.0381. The van der Waals surface area contributed by atoms with E-state index in [1.165, 1.54) is 0 Å². The summed E-state index contributed by atoms with van der Waals surface area (Å²) in [7, 11) is 0. The minimum Gasteiger partial charge on any atom is -0.299 e. The molecule has 3 heteroatoms. The van der Waals surface area contributed by atoms with Gasteiger partial charge in [0.2, 0.25) is 0 Å². The monoisotopic (exact) mass is 214 g/mol. The predicted molar refractivity (Wildman–Crippen MR) is 53.4 cm³/mol. The third kappa shape index (κ3) is 1.72. The lowest BCUT2D eigenvalue weighted by Crippen LogP contribution is -2.23. The van der Waals surface area contributed by atoms with E-state index in [4.69, 9.17) is 23.2 Å². The van der Waals surface area contributed by atoms with Crippen LogP contribution < -0.4 is 0 Å². The molecule has 0 aromatic heterocycles. The smallest absolute Gasteiger partial charge is 0.140 e. The van der Waals surface area contributed by atoms with Crippen LogP contribution in [0.3, 0.4) is 0 Å². The van der Waals surface area contributed by atoms with E-state index in [2.05, 4.69) is 0 Å². The number of hydrogen-bond donors (Lipinski definition) is 0. The fourth-order valence-electron chi connectivity index (χ4n) is 1.54. The Hall–Kier alpha value is -0.530. The first-order valence-corrected chi connectivity index (χ1v) is 4.91. The van der Waals surface area contributed by atoms with Crippen molar-refractivity contribution >= 4 is 29.0 Å². The number of hydrogen-bond acceptors (Lipinski definition) is 1. The Balaban J connectivity index is 2.34. The molecule has 1 aromatic rings. The van der Waals surface area contributed by atoms with Crippen LogP contribution in [0.5, 0.6) is 0 Å². The zero-order valence-corrected chi connectivity index (χ0v) is 8.40. The molecule has 1 nitrogen and oxygen atoms in total. The largest absolute Gasteiger partial charge is 0.299 e. The lowest BCUT2D eigenvalue weighted by molar-refractivity contribution is -0.125. The van der Waals surface area contributed by atoms with Crippen molar-refractivity contribution in [1.29, 1.82) is 0 Å². The molecule has 68 valence electrons. The van der Waals surface area contributed by atoms with Gasteiger partial charge in [-0.2, -0.15) is 0 Å². The number of rotatable bonds is 1. The molecule has 0 amide bonds. The van der Waals surface area contributed by atoms with Crippen molar-refractivity contribution in [3.8, 4) is 0 Å². The number of benzene rings is 1. The van der Waals surface area contributed by atoms with E-state index in [-0.39, 0.29) is 5.92 Å². The van der Waals surface area contributed by atoms with Crippen LogP contribution in [-0.2, 0) is 4.79 Å². The summed E-state index contributed by atoms with van der Waals surface area (Å²) in [5.41, 5.74) is 0.953. The quantitative estimate of drug-likeness (QED) is 0.701. The summed E-state index contributed by atoms with van der Waals surface area (Å²) in [5, 5.41) is 1.20. The highest BCUT2D eigenvalue weighted by atomic mass is 35.5. The number of ketones is 1. The number of halogens is 2. The van der Waals surface area contributed by atoms with Gasteiger partial charge in [-0.1, -0.05) is 23.2 Å². The maximum absolute atomic E-state index is 11.2. The first-order chi connectivity index (χ1) is 6.16. The van der Waals surface area contributed by atoms with Crippen LogP contribution in [0, 0.1) is 0 Å². The molecule has 0 spiro atoms. The molecule has 1 aliphatic rings. The van der Waals surface area contributed by atoms with Crippen LogP contribution in [-0.4, -0.2) is 5.78 Å². The van der Waals surface area contributed by atoms with Gasteiger partial charge in [-0.25, -0.2) is 0 Å². The van der Waals surface area contributed by atoms with E-state index in [0.717, 1.165) is 12.0 Å². The summed E-state index contributed by atoms with van der Waals surface area (Å²) in [6.07, 6.45) is 1.62. The Labute approximate surface area is 86.7 Å². The highest BCUT2D eigenvalue weighted by molar-refractivity contribution is 6.34. The maximum Gasteiger partial charge on any atom is 0.140 e. The molecule has 1 unspecified atom stereocenters. The van der Waals surface area contributed by atoms with Crippen LogP contribution in [0.4, 0.5) is 0 Å². The van der Waals surface area contributed by atoms with E-state index >= 15 is 0 Å². The molecular weight excluding hydrogens is 207 g/mol. The highest BCUT2D eigenvalue weighted by Crippen LogP contribution is 2.35. The Morgan fingerprint density at radius 1 is 1.15 bits per heavy atom. The van der Waals surface area contributed by atoms with Crippen molar-refractivity contribution in [2.45, 2.75) is 18.8 Å². The fraction of sp³-hybridized carbons (Fsp3) is 0.300. The summed E-state index contributed by atoms with van der Waals surface area (Å²) in [6.45, 7) is 0. The lowest BCUT2D eigenvalue weighted by Gasteiger charge is -2.24. The molecule has 2 rings (SSSR count). The van der Waals surface area contributed by atoms with Crippen molar-refractivity contribution in [3.05, 3.63) is 33.8 Å². The van der Waals surface area contributed by atoms with Gasteiger partial charge in [-0.15, -0.1) is 0 Å². The molecule has 0 bridgehead atoms. The van der Waals surface area contributed by atoms with Gasteiger partial charge in [-0.3, -0.25) is 4.79 Å². The van der Waals surface area contributed by atoms with Crippen LogP contribution in [0.15, 0.2) is 18.2 Å². The normalized spacial score (nSPS) is 21.4. The Bertz CT molecular complexity index is 340. The lowest BCUT2D eigenvalue weighted by atomic mass is 9.79. The maximum atomic E-state index is 11.2. The van der Waals surface area contributed by atoms with Gasteiger partial charge >= 0.3 is 0 Å². The number of carbonyl (C=O) groups is 1. The van der Waals surface area contributed by atoms with Crippen LogP contribution in [0.25, 0.3) is 0 Å². The first-order valence-electron chi connectivity index (χ1n) is 4.15. The molecule has 1 saturated carbocycles. The van der Waals surface area contributed by atoms with Crippen molar-refractivity contribution in [1.82, 2.24) is 0 Å². The van der Waals surface area contributed by atoms with Crippen LogP contribution >= 0.6 is 23.2 Å². The number of Topliss-reactive ketones (excluding diaryl/α,β-unsaturated/α-hetero) is 1. The summed E-state index contributed by atoms with van der Waals surface area (Å²) < 4.78 is 0. The third-order valence-corrected chi connectivity index (χ3v) is 2.79. The second-order valence-electron chi connectivity index (χ2n) is 3.26. The van der Waals surface area contributed by atoms with E-state index in [0.29, 0.717) is 22.2 Å². The van der Waals surface area contributed by atoms with Crippen molar-refractivity contribution < 1.29 is 4.79 Å². The molecule has 0 saturated heterocycles. The zero-order chi connectivity index (χ0) is 9.42. The summed E-state index contributed by atoms with van der Waals surface area (Å²) in [6, 6.07) is 5.31. The highest BCUT2D eigenvalue weighted by Gasteiger charge is 2.29. The molecule has 0 aliphatic heterocycles. The SMILES string of the molecule is O=C1CCC1c1cc(Cl)cc(Cl)c1. The predicted octanol–water partition coefficient (Wildman–Crippen LogP) is 3.44. The van der Waals surface area contributed by atoms with E-state index in [1.807, 2.05) is 12.1 Å². The van der Waals surface area contributed by atoms with Gasteiger partial charge in [0.15, 0.2) is 0 Å². The van der Waals surface area contributed by atoms with Gasteiger partial charge in [-0.05, 0) is 30.2 Å². The van der Waals surface area contributed by atoms with E-state index in [1.54, 1.807) is 6.07 Å². The molecular formula is C10H8Cl2O. The topological polar surface area (TPSA) is 17.1 Å². The molecule has 0 radical (unpaired) electrons. The molecule has 1 aromatic carbocycles. The molecule has 13 heavy (non-hydrogen) atoms. The first kappa shape index (κ1) is 9.04. The summed E-state index contributed by atoms with van der Waals surface area (Å²) >= 11 is 11.7. The van der Waals surface area contributed by atoms with Crippen LogP contribution in [0.2, 0.25) is 10.0 Å². The average molecular weight is 215 g/mol. The van der Waals surface area contributed by atoms with Gasteiger partial charge in [0.25, 0.3) is 0 Å². The fourth-order valence-corrected chi connectivity index (χ4v) is 2.08.